The first kappa shape index (κ1) is 25.3. The van der Waals surface area contributed by atoms with E-state index < -0.39 is 0 Å². The number of para-hydroxylation sites is 1. The van der Waals surface area contributed by atoms with Crippen LogP contribution in [0.1, 0.15) is 102 Å². The summed E-state index contributed by atoms with van der Waals surface area (Å²) in [5, 5.41) is 0. The molecule has 0 saturated carbocycles. The average molecular weight is 403 g/mol. The molecule has 3 nitrogen and oxygen atoms in total. The van der Waals surface area contributed by atoms with Gasteiger partial charge in [-0.2, -0.15) is 0 Å². The second kappa shape index (κ2) is 18.3. The largest absolute Gasteiger partial charge is 0.496 e. The second-order valence-corrected chi connectivity index (χ2v) is 7.81. The second-order valence-electron chi connectivity index (χ2n) is 7.81. The monoisotopic (exact) mass is 402 g/mol. The lowest BCUT2D eigenvalue weighted by Gasteiger charge is -2.09. The molecule has 1 aromatic rings. The number of hydrogen-bond acceptors (Lipinski definition) is 3. The highest BCUT2D eigenvalue weighted by molar-refractivity contribution is 5.69. The fraction of sp³-hybridized carbons (Fsp3) is 0.654. The standard InChI is InChI=1S/C26H42O3/c1-3-4-5-6-7-8-9-10-11-12-13-14-15-16-17-22-26(27)29-23-24-20-18-19-21-25(24)28-2/h10-11,18-21H,3-9,12-17,22-23H2,1-2H3/b11-10-. The number of benzene rings is 1. The van der Waals surface area contributed by atoms with Crippen molar-refractivity contribution in [1.82, 2.24) is 0 Å². The predicted octanol–water partition coefficient (Wildman–Crippen LogP) is 7.78. The van der Waals surface area contributed by atoms with E-state index in [1.54, 1.807) is 7.11 Å². The first-order chi connectivity index (χ1) is 14.3. The maximum absolute atomic E-state index is 11.9. The van der Waals surface area contributed by atoms with Crippen LogP contribution in [0.5, 0.6) is 5.75 Å². The molecule has 0 fully saturated rings. The number of unbranched alkanes of at least 4 members (excludes halogenated alkanes) is 11. The predicted molar refractivity (Wildman–Crippen MR) is 122 cm³/mol. The molecule has 29 heavy (non-hydrogen) atoms. The molecule has 0 heterocycles. The summed E-state index contributed by atoms with van der Waals surface area (Å²) in [6.45, 7) is 2.55. The lowest BCUT2D eigenvalue weighted by atomic mass is 10.1. The van der Waals surface area contributed by atoms with Crippen LogP contribution in [-0.4, -0.2) is 13.1 Å². The van der Waals surface area contributed by atoms with Crippen LogP contribution in [0.15, 0.2) is 36.4 Å². The topological polar surface area (TPSA) is 35.5 Å². The van der Waals surface area contributed by atoms with E-state index in [1.165, 1.54) is 70.6 Å². The van der Waals surface area contributed by atoms with Gasteiger partial charge in [0.05, 0.1) is 7.11 Å². The number of hydrogen-bond donors (Lipinski definition) is 0. The molecular formula is C26H42O3. The third-order valence-corrected chi connectivity index (χ3v) is 5.22. The Morgan fingerprint density at radius 1 is 0.828 bits per heavy atom. The lowest BCUT2D eigenvalue weighted by molar-refractivity contribution is -0.145. The average Bonchev–Trinajstić information content (AvgIpc) is 2.75. The Balaban J connectivity index is 1.90. The summed E-state index contributed by atoms with van der Waals surface area (Å²) in [7, 11) is 1.63. The number of esters is 1. The van der Waals surface area contributed by atoms with Crippen molar-refractivity contribution >= 4 is 5.97 Å². The molecule has 0 aromatic heterocycles. The van der Waals surface area contributed by atoms with E-state index in [9.17, 15) is 4.79 Å². The van der Waals surface area contributed by atoms with Crippen molar-refractivity contribution in [3.05, 3.63) is 42.0 Å². The van der Waals surface area contributed by atoms with Gasteiger partial charge >= 0.3 is 5.97 Å². The highest BCUT2D eigenvalue weighted by atomic mass is 16.5. The maximum Gasteiger partial charge on any atom is 0.306 e. The van der Waals surface area contributed by atoms with Gasteiger partial charge in [0.15, 0.2) is 0 Å². The van der Waals surface area contributed by atoms with E-state index in [1.807, 2.05) is 24.3 Å². The summed E-state index contributed by atoms with van der Waals surface area (Å²) in [6.07, 6.45) is 21.6. The molecule has 0 bridgehead atoms. The van der Waals surface area contributed by atoms with Gasteiger partial charge in [-0.25, -0.2) is 0 Å². The maximum atomic E-state index is 11.9. The van der Waals surface area contributed by atoms with Crippen molar-refractivity contribution in [2.75, 3.05) is 7.11 Å². The Morgan fingerprint density at radius 2 is 1.41 bits per heavy atom. The molecule has 164 valence electrons. The molecular weight excluding hydrogens is 360 g/mol. The van der Waals surface area contributed by atoms with Crippen molar-refractivity contribution in [3.8, 4) is 5.75 Å². The molecule has 0 unspecified atom stereocenters. The smallest absolute Gasteiger partial charge is 0.306 e. The molecule has 0 atom stereocenters. The van der Waals surface area contributed by atoms with Crippen LogP contribution in [0, 0.1) is 0 Å². The van der Waals surface area contributed by atoms with E-state index in [2.05, 4.69) is 19.1 Å². The number of ether oxygens (including phenoxy) is 2. The Hall–Kier alpha value is -1.77. The molecule has 3 heteroatoms. The number of allylic oxidation sites excluding steroid dienone is 2. The van der Waals surface area contributed by atoms with Crippen LogP contribution in [0.25, 0.3) is 0 Å². The summed E-state index contributed by atoms with van der Waals surface area (Å²) >= 11 is 0. The van der Waals surface area contributed by atoms with E-state index in [4.69, 9.17) is 9.47 Å². The number of carbonyl (C=O) groups excluding carboxylic acids is 1. The van der Waals surface area contributed by atoms with Gasteiger partial charge in [0.2, 0.25) is 0 Å². The van der Waals surface area contributed by atoms with E-state index in [0.717, 1.165) is 24.2 Å². The van der Waals surface area contributed by atoms with Crippen molar-refractivity contribution < 1.29 is 14.3 Å². The SMILES string of the molecule is CCCCCCCC/C=C\CCCCCCCC(=O)OCc1ccccc1OC. The summed E-state index contributed by atoms with van der Waals surface area (Å²) in [6, 6.07) is 7.65. The fourth-order valence-corrected chi connectivity index (χ4v) is 3.39. The molecule has 0 N–H and O–H groups in total. The highest BCUT2D eigenvalue weighted by Crippen LogP contribution is 2.18. The van der Waals surface area contributed by atoms with Crippen molar-refractivity contribution in [2.45, 2.75) is 103 Å². The van der Waals surface area contributed by atoms with Gasteiger partial charge in [0.1, 0.15) is 12.4 Å². The van der Waals surface area contributed by atoms with Gasteiger partial charge in [-0.15, -0.1) is 0 Å². The molecule has 0 amide bonds. The van der Waals surface area contributed by atoms with Crippen LogP contribution in [0.2, 0.25) is 0 Å². The zero-order valence-corrected chi connectivity index (χ0v) is 18.8. The minimum absolute atomic E-state index is 0.117. The van der Waals surface area contributed by atoms with Crippen LogP contribution in [0.3, 0.4) is 0 Å². The van der Waals surface area contributed by atoms with Crippen LogP contribution in [-0.2, 0) is 16.1 Å². The van der Waals surface area contributed by atoms with Crippen LogP contribution >= 0.6 is 0 Å². The van der Waals surface area contributed by atoms with E-state index in [0.29, 0.717) is 6.42 Å². The Kier molecular flexibility index (Phi) is 15.9. The minimum Gasteiger partial charge on any atom is -0.496 e. The minimum atomic E-state index is -0.117. The van der Waals surface area contributed by atoms with Gasteiger partial charge < -0.3 is 9.47 Å². The third kappa shape index (κ3) is 13.9. The first-order valence-corrected chi connectivity index (χ1v) is 11.7. The molecule has 0 saturated heterocycles. The molecule has 1 rings (SSSR count). The molecule has 0 aliphatic rings. The van der Waals surface area contributed by atoms with Gasteiger partial charge in [-0.1, -0.05) is 88.6 Å². The van der Waals surface area contributed by atoms with E-state index in [-0.39, 0.29) is 12.6 Å². The van der Waals surface area contributed by atoms with Crippen molar-refractivity contribution in [3.63, 3.8) is 0 Å². The van der Waals surface area contributed by atoms with Gasteiger partial charge in [0, 0.05) is 12.0 Å². The number of rotatable bonds is 18. The summed E-state index contributed by atoms with van der Waals surface area (Å²) in [5.74, 6) is 0.648. The fourth-order valence-electron chi connectivity index (χ4n) is 3.39. The van der Waals surface area contributed by atoms with E-state index >= 15 is 0 Å². The summed E-state index contributed by atoms with van der Waals surface area (Å²) < 4.78 is 10.6. The summed E-state index contributed by atoms with van der Waals surface area (Å²) in [4.78, 5) is 11.9. The number of methoxy groups -OCH3 is 1. The van der Waals surface area contributed by atoms with Gasteiger partial charge in [-0.05, 0) is 38.2 Å². The van der Waals surface area contributed by atoms with Crippen LogP contribution < -0.4 is 4.74 Å². The normalized spacial score (nSPS) is 11.1. The highest BCUT2D eigenvalue weighted by Gasteiger charge is 2.06. The van der Waals surface area contributed by atoms with Gasteiger partial charge in [-0.3, -0.25) is 4.79 Å². The first-order valence-electron chi connectivity index (χ1n) is 11.7. The van der Waals surface area contributed by atoms with Crippen molar-refractivity contribution in [2.24, 2.45) is 0 Å². The zero-order valence-electron chi connectivity index (χ0n) is 18.8. The zero-order chi connectivity index (χ0) is 21.0. The third-order valence-electron chi connectivity index (χ3n) is 5.22. The van der Waals surface area contributed by atoms with Crippen LogP contribution in [0.4, 0.5) is 0 Å². The molecule has 0 spiro atoms. The summed E-state index contributed by atoms with van der Waals surface area (Å²) in [5.41, 5.74) is 0.910. The Morgan fingerprint density at radius 3 is 2.07 bits per heavy atom. The van der Waals surface area contributed by atoms with Crippen molar-refractivity contribution in [1.29, 1.82) is 0 Å². The molecule has 0 radical (unpaired) electrons. The quantitative estimate of drug-likeness (QED) is 0.143. The Bertz CT molecular complexity index is 551. The number of carbonyl (C=O) groups is 1. The lowest BCUT2D eigenvalue weighted by Crippen LogP contribution is -2.05. The Labute approximate surface area is 178 Å². The van der Waals surface area contributed by atoms with Gasteiger partial charge in [0.25, 0.3) is 0 Å². The molecule has 1 aromatic carbocycles. The molecule has 0 aliphatic carbocycles. The molecule has 0 aliphatic heterocycles.